The number of amides is 1. The Morgan fingerprint density at radius 2 is 1.92 bits per heavy atom. The average molecular weight is 363 g/mol. The monoisotopic (exact) mass is 362 g/mol. The molecule has 0 saturated carbocycles. The van der Waals surface area contributed by atoms with Crippen LogP contribution < -0.4 is 5.32 Å². The van der Waals surface area contributed by atoms with Gasteiger partial charge in [0.25, 0.3) is 5.91 Å². The number of furan rings is 1. The van der Waals surface area contributed by atoms with E-state index in [1.54, 1.807) is 18.2 Å². The molecule has 1 N–H and O–H groups in total. The summed E-state index contributed by atoms with van der Waals surface area (Å²) >= 11 is 6.16. The number of nitrogens with one attached hydrogen (secondary N) is 1. The lowest BCUT2D eigenvalue weighted by Gasteiger charge is -2.35. The molecule has 6 heteroatoms. The minimum Gasteiger partial charge on any atom is -0.451 e. The minimum absolute atomic E-state index is 0.215. The molecule has 1 aliphatic rings. The standard InChI is InChI=1S/C19H23ClN2O3/c1-13-11-22(12-14(2)24-13)10-9-21-19(23)18-8-7-17(25-18)15-5-3-4-6-16(15)20/h3-8,13-14H,9-12H2,1-2H3,(H,21,23). The fourth-order valence-electron chi connectivity index (χ4n) is 3.15. The molecule has 5 nitrogen and oxygen atoms in total. The van der Waals surface area contributed by atoms with Gasteiger partial charge in [-0.2, -0.15) is 0 Å². The lowest BCUT2D eigenvalue weighted by atomic mass is 10.2. The molecule has 1 amide bonds. The van der Waals surface area contributed by atoms with Gasteiger partial charge in [0.1, 0.15) is 5.76 Å². The van der Waals surface area contributed by atoms with E-state index in [0.29, 0.717) is 23.1 Å². The topological polar surface area (TPSA) is 54.7 Å². The molecule has 25 heavy (non-hydrogen) atoms. The Hall–Kier alpha value is -1.82. The number of rotatable bonds is 5. The summed E-state index contributed by atoms with van der Waals surface area (Å²) in [6.45, 7) is 7.28. The minimum atomic E-state index is -0.215. The van der Waals surface area contributed by atoms with Crippen molar-refractivity contribution in [2.75, 3.05) is 26.2 Å². The molecule has 2 atom stereocenters. The molecule has 3 rings (SSSR count). The summed E-state index contributed by atoms with van der Waals surface area (Å²) in [6, 6.07) is 10.8. The Morgan fingerprint density at radius 1 is 1.20 bits per heavy atom. The van der Waals surface area contributed by atoms with Gasteiger partial charge in [0, 0.05) is 31.7 Å². The number of hydrogen-bond acceptors (Lipinski definition) is 4. The predicted octanol–water partition coefficient (Wildman–Crippen LogP) is 3.44. The average Bonchev–Trinajstić information content (AvgIpc) is 3.04. The van der Waals surface area contributed by atoms with Crippen molar-refractivity contribution < 1.29 is 13.9 Å². The first-order chi connectivity index (χ1) is 12.0. The Kier molecular flexibility index (Phi) is 5.78. The SMILES string of the molecule is CC1CN(CCNC(=O)c2ccc(-c3ccccc3Cl)o2)CC(C)O1. The lowest BCUT2D eigenvalue weighted by Crippen LogP contribution is -2.47. The van der Waals surface area contributed by atoms with Gasteiger partial charge in [-0.15, -0.1) is 0 Å². The molecule has 0 spiro atoms. The number of hydrogen-bond donors (Lipinski definition) is 1. The quantitative estimate of drug-likeness (QED) is 0.885. The number of morpholine rings is 1. The van der Waals surface area contributed by atoms with Crippen LogP contribution in [0.5, 0.6) is 0 Å². The van der Waals surface area contributed by atoms with E-state index in [9.17, 15) is 4.79 Å². The van der Waals surface area contributed by atoms with Crippen molar-refractivity contribution >= 4 is 17.5 Å². The van der Waals surface area contributed by atoms with Gasteiger partial charge in [0.15, 0.2) is 5.76 Å². The van der Waals surface area contributed by atoms with Crippen molar-refractivity contribution in [2.24, 2.45) is 0 Å². The fourth-order valence-corrected chi connectivity index (χ4v) is 3.38. The van der Waals surface area contributed by atoms with E-state index >= 15 is 0 Å². The summed E-state index contributed by atoms with van der Waals surface area (Å²) in [5.41, 5.74) is 0.777. The first-order valence-corrected chi connectivity index (χ1v) is 8.91. The van der Waals surface area contributed by atoms with Crippen LogP contribution in [-0.4, -0.2) is 49.2 Å². The van der Waals surface area contributed by atoms with Gasteiger partial charge in [-0.25, -0.2) is 0 Å². The zero-order valence-corrected chi connectivity index (χ0v) is 15.3. The molecule has 2 heterocycles. The Bertz CT molecular complexity index is 721. The zero-order valence-electron chi connectivity index (χ0n) is 14.5. The third-order valence-electron chi connectivity index (χ3n) is 4.18. The molecule has 1 aromatic carbocycles. The fraction of sp³-hybridized carbons (Fsp3) is 0.421. The van der Waals surface area contributed by atoms with Crippen LogP contribution in [0.1, 0.15) is 24.4 Å². The largest absolute Gasteiger partial charge is 0.451 e. The van der Waals surface area contributed by atoms with Crippen LogP contribution in [0.15, 0.2) is 40.8 Å². The number of nitrogens with zero attached hydrogens (tertiary/aromatic N) is 1. The van der Waals surface area contributed by atoms with E-state index in [1.165, 1.54) is 0 Å². The van der Waals surface area contributed by atoms with Crippen molar-refractivity contribution in [3.63, 3.8) is 0 Å². The van der Waals surface area contributed by atoms with Crippen molar-refractivity contribution in [2.45, 2.75) is 26.1 Å². The smallest absolute Gasteiger partial charge is 0.287 e. The summed E-state index contributed by atoms with van der Waals surface area (Å²) in [5, 5.41) is 3.50. The first-order valence-electron chi connectivity index (χ1n) is 8.53. The van der Waals surface area contributed by atoms with Crippen LogP contribution >= 0.6 is 11.6 Å². The Labute approximate surface area is 152 Å². The third-order valence-corrected chi connectivity index (χ3v) is 4.51. The van der Waals surface area contributed by atoms with Gasteiger partial charge in [0.2, 0.25) is 0 Å². The van der Waals surface area contributed by atoms with E-state index in [1.807, 2.05) is 18.2 Å². The summed E-state index contributed by atoms with van der Waals surface area (Å²) in [6.07, 6.45) is 0.449. The molecule has 0 aliphatic carbocycles. The molecule has 134 valence electrons. The van der Waals surface area contributed by atoms with E-state index in [-0.39, 0.29) is 18.1 Å². The molecule has 2 aromatic rings. The van der Waals surface area contributed by atoms with E-state index in [2.05, 4.69) is 24.1 Å². The van der Waals surface area contributed by atoms with Gasteiger partial charge in [-0.05, 0) is 38.1 Å². The maximum Gasteiger partial charge on any atom is 0.287 e. The summed E-state index contributed by atoms with van der Waals surface area (Å²) in [7, 11) is 0. The van der Waals surface area contributed by atoms with Gasteiger partial charge < -0.3 is 14.5 Å². The summed E-state index contributed by atoms with van der Waals surface area (Å²) < 4.78 is 11.4. The van der Waals surface area contributed by atoms with E-state index < -0.39 is 0 Å². The molecule has 1 aliphatic heterocycles. The maximum atomic E-state index is 12.3. The van der Waals surface area contributed by atoms with Crippen molar-refractivity contribution in [1.29, 1.82) is 0 Å². The van der Waals surface area contributed by atoms with Crippen LogP contribution in [0.4, 0.5) is 0 Å². The number of ether oxygens (including phenoxy) is 1. The van der Waals surface area contributed by atoms with Crippen molar-refractivity contribution in [3.05, 3.63) is 47.2 Å². The Balaban J connectivity index is 1.53. The number of carbonyl (C=O) groups is 1. The van der Waals surface area contributed by atoms with Crippen LogP contribution in [0.2, 0.25) is 5.02 Å². The molecule has 1 saturated heterocycles. The molecule has 0 bridgehead atoms. The lowest BCUT2D eigenvalue weighted by molar-refractivity contribution is -0.0672. The molecule has 1 aromatic heterocycles. The number of halogens is 1. The molecule has 0 radical (unpaired) electrons. The molecular weight excluding hydrogens is 340 g/mol. The highest BCUT2D eigenvalue weighted by Crippen LogP contribution is 2.28. The zero-order chi connectivity index (χ0) is 17.8. The summed E-state index contributed by atoms with van der Waals surface area (Å²) in [4.78, 5) is 14.6. The maximum absolute atomic E-state index is 12.3. The van der Waals surface area contributed by atoms with Crippen molar-refractivity contribution in [3.8, 4) is 11.3 Å². The van der Waals surface area contributed by atoms with Gasteiger partial charge in [0.05, 0.1) is 17.2 Å². The second-order valence-corrected chi connectivity index (χ2v) is 6.82. The molecule has 2 unspecified atom stereocenters. The van der Waals surface area contributed by atoms with E-state index in [4.69, 9.17) is 20.8 Å². The molecular formula is C19H23ClN2O3. The van der Waals surface area contributed by atoms with Gasteiger partial charge in [-0.3, -0.25) is 9.69 Å². The first kappa shape index (κ1) is 18.0. The van der Waals surface area contributed by atoms with E-state index in [0.717, 1.165) is 25.2 Å². The van der Waals surface area contributed by atoms with Crippen LogP contribution in [-0.2, 0) is 4.74 Å². The highest BCUT2D eigenvalue weighted by molar-refractivity contribution is 6.33. The Morgan fingerprint density at radius 3 is 2.64 bits per heavy atom. The second kappa shape index (κ2) is 8.04. The molecule has 1 fully saturated rings. The highest BCUT2D eigenvalue weighted by atomic mass is 35.5. The normalized spacial score (nSPS) is 21.2. The predicted molar refractivity (Wildman–Crippen MR) is 97.9 cm³/mol. The number of carbonyl (C=O) groups excluding carboxylic acids is 1. The van der Waals surface area contributed by atoms with Crippen LogP contribution in [0, 0.1) is 0 Å². The van der Waals surface area contributed by atoms with Crippen LogP contribution in [0.25, 0.3) is 11.3 Å². The second-order valence-electron chi connectivity index (χ2n) is 6.42. The number of benzene rings is 1. The van der Waals surface area contributed by atoms with Crippen LogP contribution in [0.3, 0.4) is 0 Å². The van der Waals surface area contributed by atoms with Crippen molar-refractivity contribution in [1.82, 2.24) is 10.2 Å². The summed E-state index contributed by atoms with van der Waals surface area (Å²) in [5.74, 6) is 0.665. The van der Waals surface area contributed by atoms with Gasteiger partial charge in [-0.1, -0.05) is 23.7 Å². The van der Waals surface area contributed by atoms with Gasteiger partial charge >= 0.3 is 0 Å². The third kappa shape index (κ3) is 4.63. The highest BCUT2D eigenvalue weighted by Gasteiger charge is 2.22.